The molecular formula is C28H31N7O5S. The van der Waals surface area contributed by atoms with Gasteiger partial charge in [0.2, 0.25) is 10.0 Å². The zero-order valence-corrected chi connectivity index (χ0v) is 23.8. The molecule has 4 aromatic rings. The number of benzene rings is 2. The van der Waals surface area contributed by atoms with Crippen molar-refractivity contribution in [3.63, 3.8) is 0 Å². The lowest BCUT2D eigenvalue weighted by molar-refractivity contribution is 0.0972. The molecule has 1 atom stereocenters. The topological polar surface area (TPSA) is 154 Å². The number of nitrogens with zero attached hydrogens (tertiary/aromatic N) is 5. The molecule has 0 radical (unpaired) electrons. The zero-order valence-electron chi connectivity index (χ0n) is 22.9. The highest BCUT2D eigenvalue weighted by molar-refractivity contribution is 7.90. The Bertz CT molecular complexity index is 1690. The summed E-state index contributed by atoms with van der Waals surface area (Å²) >= 11 is 0. The molecule has 214 valence electrons. The molecule has 1 aliphatic heterocycles. The van der Waals surface area contributed by atoms with Crippen LogP contribution in [0.1, 0.15) is 52.6 Å². The van der Waals surface area contributed by atoms with Crippen molar-refractivity contribution in [2.45, 2.75) is 38.5 Å². The second-order valence-corrected chi connectivity index (χ2v) is 11.9. The van der Waals surface area contributed by atoms with Crippen molar-refractivity contribution in [3.05, 3.63) is 83.7 Å². The van der Waals surface area contributed by atoms with E-state index in [1.807, 2.05) is 31.2 Å². The molecule has 1 aliphatic rings. The summed E-state index contributed by atoms with van der Waals surface area (Å²) in [6.07, 6.45) is 4.26. The van der Waals surface area contributed by atoms with Gasteiger partial charge in [-0.2, -0.15) is 5.10 Å². The fourth-order valence-corrected chi connectivity index (χ4v) is 5.79. The molecule has 41 heavy (non-hydrogen) atoms. The van der Waals surface area contributed by atoms with Crippen LogP contribution >= 0.6 is 0 Å². The van der Waals surface area contributed by atoms with Gasteiger partial charge < -0.3 is 19.9 Å². The van der Waals surface area contributed by atoms with E-state index in [1.165, 1.54) is 4.68 Å². The summed E-state index contributed by atoms with van der Waals surface area (Å²) in [5.41, 5.74) is 8.50. The number of aromatic nitrogens is 4. The lowest BCUT2D eigenvalue weighted by atomic mass is 10.0. The maximum absolute atomic E-state index is 13.8. The predicted octanol–water partition coefficient (Wildman–Crippen LogP) is 2.59. The van der Waals surface area contributed by atoms with Crippen molar-refractivity contribution >= 4 is 27.5 Å². The molecule has 1 unspecified atom stereocenters. The van der Waals surface area contributed by atoms with Crippen LogP contribution in [0.2, 0.25) is 0 Å². The molecule has 3 N–H and O–H groups in total. The van der Waals surface area contributed by atoms with Crippen LogP contribution in [0.25, 0.3) is 11.4 Å². The number of rotatable bonds is 10. The van der Waals surface area contributed by atoms with Gasteiger partial charge in [-0.05, 0) is 68.3 Å². The van der Waals surface area contributed by atoms with Crippen molar-refractivity contribution in [2.75, 3.05) is 18.6 Å². The molecule has 0 spiro atoms. The standard InChI is InChI=1S/C28H31N7O5S/c1-4-18(2)41(38,39)31-17-24-30-14-16-33(24)19-5-7-20(8-6-19)34-15-13-23-25(27(29)36)32-35(26(23)28(34)37)21-9-11-22(40-3)12-10-21/h5-12,14,16,18,31H,4,13,15,17H2,1-3H3,(H2,29,36). The van der Waals surface area contributed by atoms with Crippen molar-refractivity contribution in [3.8, 4) is 17.1 Å². The lowest BCUT2D eigenvalue weighted by Crippen LogP contribution is -2.39. The maximum atomic E-state index is 13.8. The van der Waals surface area contributed by atoms with E-state index >= 15 is 0 Å². The number of hydrogen-bond donors (Lipinski definition) is 2. The molecule has 0 fully saturated rings. The van der Waals surface area contributed by atoms with E-state index in [1.54, 1.807) is 60.2 Å². The molecule has 2 aromatic heterocycles. The van der Waals surface area contributed by atoms with E-state index in [0.717, 1.165) is 5.69 Å². The average Bonchev–Trinajstić information content (AvgIpc) is 3.62. The van der Waals surface area contributed by atoms with Gasteiger partial charge in [-0.1, -0.05) is 6.92 Å². The first-order valence-corrected chi connectivity index (χ1v) is 14.7. The molecule has 13 heteroatoms. The Morgan fingerprint density at radius 3 is 2.39 bits per heavy atom. The number of anilines is 1. The number of imidazole rings is 1. The number of ether oxygens (including phenoxy) is 1. The second-order valence-electron chi connectivity index (χ2n) is 9.67. The summed E-state index contributed by atoms with van der Waals surface area (Å²) in [7, 11) is -1.90. The maximum Gasteiger partial charge on any atom is 0.277 e. The molecule has 5 rings (SSSR count). The van der Waals surface area contributed by atoms with Crippen LogP contribution < -0.4 is 20.1 Å². The minimum atomic E-state index is -3.46. The quantitative estimate of drug-likeness (QED) is 0.294. The largest absolute Gasteiger partial charge is 0.497 e. The van der Waals surface area contributed by atoms with Crippen LogP contribution in [-0.4, -0.2) is 58.5 Å². The average molecular weight is 578 g/mol. The third kappa shape index (κ3) is 5.33. The summed E-state index contributed by atoms with van der Waals surface area (Å²) in [6, 6.07) is 14.3. The number of methoxy groups -OCH3 is 1. The fourth-order valence-electron chi connectivity index (χ4n) is 4.73. The summed E-state index contributed by atoms with van der Waals surface area (Å²) in [5, 5.41) is 3.89. The van der Waals surface area contributed by atoms with Crippen LogP contribution in [0.3, 0.4) is 0 Å². The van der Waals surface area contributed by atoms with Crippen LogP contribution in [0.15, 0.2) is 60.9 Å². The van der Waals surface area contributed by atoms with Gasteiger partial charge in [0.25, 0.3) is 11.8 Å². The predicted molar refractivity (Wildman–Crippen MR) is 153 cm³/mol. The van der Waals surface area contributed by atoms with E-state index in [4.69, 9.17) is 10.5 Å². The number of carbonyl (C=O) groups is 2. The van der Waals surface area contributed by atoms with Crippen LogP contribution in [0, 0.1) is 0 Å². The van der Waals surface area contributed by atoms with Gasteiger partial charge in [0.1, 0.15) is 17.3 Å². The highest BCUT2D eigenvalue weighted by Crippen LogP contribution is 2.30. The summed E-state index contributed by atoms with van der Waals surface area (Å²) < 4.78 is 35.9. The number of primary amides is 1. The fraction of sp³-hybridized carbons (Fsp3) is 0.286. The Morgan fingerprint density at radius 2 is 1.76 bits per heavy atom. The molecule has 0 saturated carbocycles. The highest BCUT2D eigenvalue weighted by Gasteiger charge is 2.34. The molecule has 2 aromatic carbocycles. The van der Waals surface area contributed by atoms with Crippen LogP contribution in [0.5, 0.6) is 5.75 Å². The Morgan fingerprint density at radius 1 is 1.10 bits per heavy atom. The smallest absolute Gasteiger partial charge is 0.277 e. The Kier molecular flexibility index (Phi) is 7.65. The molecule has 0 saturated heterocycles. The number of nitrogens with one attached hydrogen (secondary N) is 1. The van der Waals surface area contributed by atoms with Crippen LogP contribution in [0.4, 0.5) is 5.69 Å². The number of fused-ring (bicyclic) bond motifs is 1. The van der Waals surface area contributed by atoms with Gasteiger partial charge in [-0.3, -0.25) is 9.59 Å². The molecule has 3 heterocycles. The van der Waals surface area contributed by atoms with Crippen LogP contribution in [-0.2, 0) is 23.0 Å². The molecule has 0 aliphatic carbocycles. The normalized spacial score (nSPS) is 14.1. The number of hydrogen-bond acceptors (Lipinski definition) is 7. The molecule has 2 amide bonds. The van der Waals surface area contributed by atoms with Crippen molar-refractivity contribution in [2.24, 2.45) is 5.73 Å². The summed E-state index contributed by atoms with van der Waals surface area (Å²) in [4.78, 5) is 31.9. The van der Waals surface area contributed by atoms with E-state index < -0.39 is 21.2 Å². The monoisotopic (exact) mass is 577 g/mol. The molecule has 12 nitrogen and oxygen atoms in total. The van der Waals surface area contributed by atoms with Gasteiger partial charge in [-0.25, -0.2) is 22.8 Å². The minimum Gasteiger partial charge on any atom is -0.497 e. The number of carbonyl (C=O) groups excluding carboxylic acids is 2. The van der Waals surface area contributed by atoms with E-state index in [-0.39, 0.29) is 23.8 Å². The van der Waals surface area contributed by atoms with Crippen molar-refractivity contribution < 1.29 is 22.7 Å². The van der Waals surface area contributed by atoms with Crippen molar-refractivity contribution in [1.82, 2.24) is 24.1 Å². The van der Waals surface area contributed by atoms with Gasteiger partial charge in [0, 0.05) is 35.9 Å². The summed E-state index contributed by atoms with van der Waals surface area (Å²) in [5.74, 6) is 0.178. The van der Waals surface area contributed by atoms with Gasteiger partial charge in [-0.15, -0.1) is 0 Å². The Hall–Kier alpha value is -4.49. The number of sulfonamides is 1. The first kappa shape index (κ1) is 28.1. The van der Waals surface area contributed by atoms with Gasteiger partial charge >= 0.3 is 0 Å². The minimum absolute atomic E-state index is 0.0480. The summed E-state index contributed by atoms with van der Waals surface area (Å²) in [6.45, 7) is 3.88. The first-order chi connectivity index (χ1) is 19.6. The lowest BCUT2D eigenvalue weighted by Gasteiger charge is -2.28. The third-order valence-electron chi connectivity index (χ3n) is 7.26. The SMILES string of the molecule is CCC(C)S(=O)(=O)NCc1nccn1-c1ccc(N2CCc3c(C(N)=O)nn(-c4ccc(OC)cc4)c3C2=O)cc1. The third-order valence-corrected chi connectivity index (χ3v) is 9.20. The Labute approximate surface area is 237 Å². The van der Waals surface area contributed by atoms with Gasteiger partial charge in [0.05, 0.1) is 24.6 Å². The second kappa shape index (κ2) is 11.2. The first-order valence-electron chi connectivity index (χ1n) is 13.1. The number of amides is 2. The van der Waals surface area contributed by atoms with Crippen molar-refractivity contribution in [1.29, 1.82) is 0 Å². The zero-order chi connectivity index (χ0) is 29.3. The Balaban J connectivity index is 1.41. The molecule has 0 bridgehead atoms. The van der Waals surface area contributed by atoms with E-state index in [2.05, 4.69) is 14.8 Å². The molecular weight excluding hydrogens is 546 g/mol. The van der Waals surface area contributed by atoms with Gasteiger partial charge in [0.15, 0.2) is 5.69 Å². The number of nitrogens with two attached hydrogens (primary N) is 1. The van der Waals surface area contributed by atoms with E-state index in [0.29, 0.717) is 47.9 Å². The van der Waals surface area contributed by atoms with E-state index in [9.17, 15) is 18.0 Å². The highest BCUT2D eigenvalue weighted by atomic mass is 32.2.